The Morgan fingerprint density at radius 3 is 2.59 bits per heavy atom. The van der Waals surface area contributed by atoms with Crippen LogP contribution in [-0.4, -0.2) is 43.5 Å². The topological polar surface area (TPSA) is 51.9 Å². The van der Waals surface area contributed by atoms with Crippen LogP contribution < -0.4 is 9.47 Å². The molecule has 5 nitrogen and oxygen atoms in total. The van der Waals surface area contributed by atoms with Gasteiger partial charge in [-0.25, -0.2) is 0 Å². The lowest BCUT2D eigenvalue weighted by Gasteiger charge is -2.26. The molecule has 2 aromatic carbocycles. The molecule has 1 fully saturated rings. The highest BCUT2D eigenvalue weighted by Gasteiger charge is 2.25. The van der Waals surface area contributed by atoms with Crippen LogP contribution in [-0.2, 0) is 0 Å². The van der Waals surface area contributed by atoms with Gasteiger partial charge in [0.1, 0.15) is 13.2 Å². The highest BCUT2D eigenvalue weighted by molar-refractivity contribution is 6.05. The lowest BCUT2D eigenvalue weighted by atomic mass is 9.99. The first kappa shape index (κ1) is 22.2. The van der Waals surface area contributed by atoms with E-state index >= 15 is 0 Å². The molecule has 1 aliphatic heterocycles. The number of hydrogen-bond acceptors (Lipinski definition) is 5. The number of Topliss-reactive ketones (excluding diaryl/α,β-unsaturated/α-hetero) is 1. The van der Waals surface area contributed by atoms with Gasteiger partial charge in [-0.05, 0) is 63.0 Å². The molecular weight excluding hydrogens is 402 g/mol. The molecule has 1 saturated heterocycles. The number of likely N-dealkylation sites (tertiary alicyclic amines) is 1. The molecule has 0 spiro atoms. The number of aryl methyl sites for hydroxylation is 1. The molecule has 0 amide bonds. The van der Waals surface area contributed by atoms with Crippen LogP contribution in [0, 0.1) is 6.92 Å². The number of hydrogen-bond donors (Lipinski definition) is 0. The minimum absolute atomic E-state index is 0.0387. The van der Waals surface area contributed by atoms with Crippen LogP contribution in [0.25, 0.3) is 17.0 Å². The molecule has 32 heavy (non-hydrogen) atoms. The van der Waals surface area contributed by atoms with Crippen molar-refractivity contribution < 1.29 is 18.7 Å². The van der Waals surface area contributed by atoms with Gasteiger partial charge in [0.25, 0.3) is 0 Å². The van der Waals surface area contributed by atoms with Crippen molar-refractivity contribution in [2.45, 2.75) is 33.1 Å². The number of ketones is 1. The lowest BCUT2D eigenvalue weighted by Crippen LogP contribution is -2.33. The molecule has 0 atom stereocenters. The van der Waals surface area contributed by atoms with E-state index in [4.69, 9.17) is 13.9 Å². The summed E-state index contributed by atoms with van der Waals surface area (Å²) in [6, 6.07) is 11.9. The van der Waals surface area contributed by atoms with Crippen molar-refractivity contribution in [3.05, 3.63) is 65.4 Å². The standard InChI is InChI=1S/C27H31NO4/c1-20-23-13-18-31-25(23)27(30-17-9-12-22-10-5-3-6-11-22)26(24(20)21(2)29)32-19-16-28-14-7-4-8-15-28/h3,5-6,9-13,18H,4,7-8,14-17,19H2,1-2H3/b12-9-. The van der Waals surface area contributed by atoms with Crippen LogP contribution in [0.3, 0.4) is 0 Å². The number of benzene rings is 2. The first-order chi connectivity index (χ1) is 15.6. The van der Waals surface area contributed by atoms with E-state index in [1.807, 2.05) is 55.5 Å². The van der Waals surface area contributed by atoms with E-state index in [2.05, 4.69) is 4.90 Å². The van der Waals surface area contributed by atoms with Crippen molar-refractivity contribution in [2.75, 3.05) is 32.8 Å². The molecule has 0 saturated carbocycles. The Kier molecular flexibility index (Phi) is 7.28. The number of fused-ring (bicyclic) bond motifs is 1. The van der Waals surface area contributed by atoms with Gasteiger partial charge in [0.2, 0.25) is 5.75 Å². The molecule has 0 N–H and O–H groups in total. The Bertz CT molecular complexity index is 1080. The minimum atomic E-state index is -0.0387. The third-order valence-corrected chi connectivity index (χ3v) is 5.97. The predicted molar refractivity (Wildman–Crippen MR) is 128 cm³/mol. The van der Waals surface area contributed by atoms with Gasteiger partial charge in [0.15, 0.2) is 17.1 Å². The summed E-state index contributed by atoms with van der Waals surface area (Å²) in [5.41, 5.74) is 3.15. The summed E-state index contributed by atoms with van der Waals surface area (Å²) < 4.78 is 18.1. The van der Waals surface area contributed by atoms with Crippen LogP contribution >= 0.6 is 0 Å². The van der Waals surface area contributed by atoms with Gasteiger partial charge in [-0.3, -0.25) is 9.69 Å². The summed E-state index contributed by atoms with van der Waals surface area (Å²) in [5, 5.41) is 0.876. The average molecular weight is 434 g/mol. The van der Waals surface area contributed by atoms with Gasteiger partial charge in [0, 0.05) is 11.9 Å². The molecule has 0 radical (unpaired) electrons. The molecule has 2 heterocycles. The molecule has 1 aliphatic rings. The Morgan fingerprint density at radius 2 is 1.84 bits per heavy atom. The summed E-state index contributed by atoms with van der Waals surface area (Å²) in [5.74, 6) is 0.947. The van der Waals surface area contributed by atoms with E-state index in [0.717, 1.165) is 36.1 Å². The van der Waals surface area contributed by atoms with E-state index in [1.54, 1.807) is 13.2 Å². The van der Waals surface area contributed by atoms with Gasteiger partial charge >= 0.3 is 0 Å². The summed E-state index contributed by atoms with van der Waals surface area (Å²) in [6.07, 6.45) is 9.36. The highest BCUT2D eigenvalue weighted by atomic mass is 16.5. The third-order valence-electron chi connectivity index (χ3n) is 5.97. The van der Waals surface area contributed by atoms with Gasteiger partial charge < -0.3 is 13.9 Å². The molecule has 0 bridgehead atoms. The van der Waals surface area contributed by atoms with Crippen molar-refractivity contribution in [1.82, 2.24) is 4.90 Å². The van der Waals surface area contributed by atoms with Crippen LogP contribution in [0.5, 0.6) is 11.5 Å². The van der Waals surface area contributed by atoms with Crippen molar-refractivity contribution in [2.24, 2.45) is 0 Å². The molecule has 1 aromatic heterocycles. The zero-order chi connectivity index (χ0) is 22.3. The number of rotatable bonds is 9. The van der Waals surface area contributed by atoms with Crippen molar-refractivity contribution >= 4 is 22.8 Å². The van der Waals surface area contributed by atoms with Crippen molar-refractivity contribution in [1.29, 1.82) is 0 Å². The summed E-state index contributed by atoms with van der Waals surface area (Å²) in [7, 11) is 0. The lowest BCUT2D eigenvalue weighted by molar-refractivity contribution is 0.101. The van der Waals surface area contributed by atoms with Crippen LogP contribution in [0.15, 0.2) is 53.2 Å². The van der Waals surface area contributed by atoms with Crippen LogP contribution in [0.4, 0.5) is 0 Å². The monoisotopic (exact) mass is 433 g/mol. The molecule has 0 unspecified atom stereocenters. The number of nitrogens with zero attached hydrogens (tertiary/aromatic N) is 1. The van der Waals surface area contributed by atoms with Crippen LogP contribution in [0.1, 0.15) is 47.7 Å². The zero-order valence-corrected chi connectivity index (χ0v) is 18.9. The highest BCUT2D eigenvalue weighted by Crippen LogP contribution is 2.42. The maximum atomic E-state index is 12.6. The Morgan fingerprint density at radius 1 is 1.06 bits per heavy atom. The fourth-order valence-electron chi connectivity index (χ4n) is 4.33. The SMILES string of the molecule is CC(=O)c1c(OCCN2CCCCC2)c(OC/C=C\c2ccccc2)c2occc2c1C. The van der Waals surface area contributed by atoms with Crippen LogP contribution in [0.2, 0.25) is 0 Å². The smallest absolute Gasteiger partial charge is 0.205 e. The molecule has 0 aliphatic carbocycles. The van der Waals surface area contributed by atoms with E-state index in [1.165, 1.54) is 19.3 Å². The Balaban J connectivity index is 1.58. The third kappa shape index (κ3) is 5.05. The number of furan rings is 1. The van der Waals surface area contributed by atoms with Gasteiger partial charge in [0.05, 0.1) is 11.8 Å². The average Bonchev–Trinajstić information content (AvgIpc) is 3.30. The van der Waals surface area contributed by atoms with Crippen molar-refractivity contribution in [3.63, 3.8) is 0 Å². The molecule has 4 rings (SSSR count). The second-order valence-corrected chi connectivity index (χ2v) is 8.25. The molecule has 5 heteroatoms. The second-order valence-electron chi connectivity index (χ2n) is 8.25. The van der Waals surface area contributed by atoms with Gasteiger partial charge in [-0.15, -0.1) is 0 Å². The zero-order valence-electron chi connectivity index (χ0n) is 18.9. The van der Waals surface area contributed by atoms with Crippen molar-refractivity contribution in [3.8, 4) is 11.5 Å². The molecule has 168 valence electrons. The van der Waals surface area contributed by atoms with E-state index in [0.29, 0.717) is 35.9 Å². The maximum absolute atomic E-state index is 12.6. The van der Waals surface area contributed by atoms with Gasteiger partial charge in [-0.2, -0.15) is 0 Å². The molecule has 3 aromatic rings. The minimum Gasteiger partial charge on any atom is -0.487 e. The van der Waals surface area contributed by atoms with E-state index < -0.39 is 0 Å². The fourth-order valence-corrected chi connectivity index (χ4v) is 4.33. The normalized spacial score (nSPS) is 14.8. The number of piperidine rings is 1. The van der Waals surface area contributed by atoms with E-state index in [-0.39, 0.29) is 5.78 Å². The Hall–Kier alpha value is -3.05. The first-order valence-corrected chi connectivity index (χ1v) is 11.4. The Labute approximate surface area is 189 Å². The number of carbonyl (C=O) groups is 1. The summed E-state index contributed by atoms with van der Waals surface area (Å²) in [4.78, 5) is 15.0. The maximum Gasteiger partial charge on any atom is 0.205 e. The van der Waals surface area contributed by atoms with Gasteiger partial charge in [-0.1, -0.05) is 42.8 Å². The summed E-state index contributed by atoms with van der Waals surface area (Å²) in [6.45, 7) is 7.39. The summed E-state index contributed by atoms with van der Waals surface area (Å²) >= 11 is 0. The number of ether oxygens (including phenoxy) is 2. The van der Waals surface area contributed by atoms with E-state index in [9.17, 15) is 4.79 Å². The quantitative estimate of drug-likeness (QED) is 0.393. The first-order valence-electron chi connectivity index (χ1n) is 11.4. The largest absolute Gasteiger partial charge is 0.487 e. The number of carbonyl (C=O) groups excluding carboxylic acids is 1. The predicted octanol–water partition coefficient (Wildman–Crippen LogP) is 5.90. The molecular formula is C27H31NO4. The second kappa shape index (κ2) is 10.5. The fraction of sp³-hybridized carbons (Fsp3) is 0.370.